The minimum absolute atomic E-state index is 0.202. The Hall–Kier alpha value is -1.26. The topological polar surface area (TPSA) is 78.4 Å². The lowest BCUT2D eigenvalue weighted by Gasteiger charge is -2.18. The van der Waals surface area contributed by atoms with E-state index in [1.807, 2.05) is 0 Å². The summed E-state index contributed by atoms with van der Waals surface area (Å²) in [5.74, 6) is 0.0559. The van der Waals surface area contributed by atoms with E-state index in [1.165, 1.54) is 19.3 Å². The molecule has 1 saturated carbocycles. The van der Waals surface area contributed by atoms with E-state index in [0.29, 0.717) is 19.5 Å². The standard InChI is InChI=1S/C13H24N2O3/c1-13(2,11(16)17)7-9-15-12(18)14-8-3-4-10-5-6-10/h10H,3-9H2,1-2H3,(H,16,17)(H2,14,15,18). The molecule has 18 heavy (non-hydrogen) atoms. The van der Waals surface area contributed by atoms with Crippen molar-refractivity contribution in [2.24, 2.45) is 11.3 Å². The Labute approximate surface area is 108 Å². The highest BCUT2D eigenvalue weighted by Gasteiger charge is 2.26. The van der Waals surface area contributed by atoms with Crippen LogP contribution < -0.4 is 10.6 Å². The second kappa shape index (κ2) is 6.61. The summed E-state index contributed by atoms with van der Waals surface area (Å²) in [5, 5.41) is 14.4. The number of carbonyl (C=O) groups is 2. The number of carbonyl (C=O) groups excluding carboxylic acids is 1. The van der Waals surface area contributed by atoms with Gasteiger partial charge in [-0.25, -0.2) is 4.79 Å². The van der Waals surface area contributed by atoms with Crippen LogP contribution in [0.4, 0.5) is 4.79 Å². The first-order chi connectivity index (χ1) is 8.42. The SMILES string of the molecule is CC(C)(CCNC(=O)NCCCC1CC1)C(=O)O. The quantitative estimate of drug-likeness (QED) is 0.581. The van der Waals surface area contributed by atoms with Crippen molar-refractivity contribution in [3.05, 3.63) is 0 Å². The molecule has 0 aliphatic heterocycles. The molecule has 5 heteroatoms. The van der Waals surface area contributed by atoms with Gasteiger partial charge in [0.1, 0.15) is 0 Å². The molecular weight excluding hydrogens is 232 g/mol. The largest absolute Gasteiger partial charge is 0.481 e. The van der Waals surface area contributed by atoms with Crippen molar-refractivity contribution >= 4 is 12.0 Å². The number of urea groups is 1. The van der Waals surface area contributed by atoms with Gasteiger partial charge >= 0.3 is 12.0 Å². The average Bonchev–Trinajstić information content (AvgIpc) is 3.08. The van der Waals surface area contributed by atoms with E-state index in [-0.39, 0.29) is 6.03 Å². The fourth-order valence-electron chi connectivity index (χ4n) is 1.66. The van der Waals surface area contributed by atoms with Gasteiger partial charge in [0.05, 0.1) is 5.41 Å². The Balaban J connectivity index is 2.00. The maximum absolute atomic E-state index is 11.4. The molecule has 0 spiro atoms. The van der Waals surface area contributed by atoms with Crippen LogP contribution in [0.2, 0.25) is 0 Å². The van der Waals surface area contributed by atoms with Gasteiger partial charge in [-0.05, 0) is 39.0 Å². The van der Waals surface area contributed by atoms with Crippen molar-refractivity contribution in [2.75, 3.05) is 13.1 Å². The van der Waals surface area contributed by atoms with Crippen molar-refractivity contribution in [3.63, 3.8) is 0 Å². The number of aliphatic carboxylic acids is 1. The van der Waals surface area contributed by atoms with Crippen molar-refractivity contribution in [2.45, 2.75) is 46.0 Å². The summed E-state index contributed by atoms with van der Waals surface area (Å²) in [7, 11) is 0. The van der Waals surface area contributed by atoms with Gasteiger partial charge < -0.3 is 15.7 Å². The summed E-state index contributed by atoms with van der Waals surface area (Å²) in [6, 6.07) is -0.202. The summed E-state index contributed by atoms with van der Waals surface area (Å²) in [6.45, 7) is 4.40. The second-order valence-electron chi connectivity index (χ2n) is 5.71. The van der Waals surface area contributed by atoms with E-state index in [9.17, 15) is 9.59 Å². The molecule has 0 heterocycles. The number of carboxylic acids is 1. The van der Waals surface area contributed by atoms with Gasteiger partial charge in [0.2, 0.25) is 0 Å². The zero-order valence-corrected chi connectivity index (χ0v) is 11.3. The molecule has 1 rings (SSSR count). The molecule has 0 radical (unpaired) electrons. The minimum Gasteiger partial charge on any atom is -0.481 e. The zero-order chi connectivity index (χ0) is 13.6. The number of hydrogen-bond donors (Lipinski definition) is 3. The molecule has 0 aromatic heterocycles. The molecule has 1 aliphatic carbocycles. The maximum Gasteiger partial charge on any atom is 0.314 e. The Morgan fingerprint density at radius 1 is 1.22 bits per heavy atom. The molecule has 0 atom stereocenters. The van der Waals surface area contributed by atoms with Gasteiger partial charge in [-0.2, -0.15) is 0 Å². The van der Waals surface area contributed by atoms with Gasteiger partial charge in [-0.3, -0.25) is 4.79 Å². The molecule has 3 N–H and O–H groups in total. The third-order valence-corrected chi connectivity index (χ3v) is 3.39. The van der Waals surface area contributed by atoms with Crippen molar-refractivity contribution < 1.29 is 14.7 Å². The van der Waals surface area contributed by atoms with Gasteiger partial charge in [0.25, 0.3) is 0 Å². The van der Waals surface area contributed by atoms with Crippen LogP contribution >= 0.6 is 0 Å². The van der Waals surface area contributed by atoms with Gasteiger partial charge in [0.15, 0.2) is 0 Å². The third kappa shape index (κ3) is 5.89. The molecule has 0 aromatic rings. The molecule has 0 unspecified atom stereocenters. The van der Waals surface area contributed by atoms with Crippen LogP contribution in [0.5, 0.6) is 0 Å². The Kier molecular flexibility index (Phi) is 5.44. The molecule has 1 aliphatic rings. The molecule has 0 aromatic carbocycles. The minimum atomic E-state index is -0.839. The van der Waals surface area contributed by atoms with Crippen LogP contribution in [0.1, 0.15) is 46.0 Å². The number of carboxylic acid groups (broad SMARTS) is 1. The average molecular weight is 256 g/mol. The highest BCUT2D eigenvalue weighted by molar-refractivity contribution is 5.75. The summed E-state index contributed by atoms with van der Waals surface area (Å²) in [6.07, 6.45) is 5.34. The first kappa shape index (κ1) is 14.8. The molecule has 0 bridgehead atoms. The maximum atomic E-state index is 11.4. The lowest BCUT2D eigenvalue weighted by molar-refractivity contribution is -0.147. The molecule has 2 amide bonds. The smallest absolute Gasteiger partial charge is 0.314 e. The predicted molar refractivity (Wildman–Crippen MR) is 69.4 cm³/mol. The highest BCUT2D eigenvalue weighted by Crippen LogP contribution is 2.33. The molecular formula is C13H24N2O3. The predicted octanol–water partition coefficient (Wildman–Crippen LogP) is 1.98. The molecule has 104 valence electrons. The Morgan fingerprint density at radius 2 is 1.83 bits per heavy atom. The van der Waals surface area contributed by atoms with Crippen LogP contribution in [0.15, 0.2) is 0 Å². The van der Waals surface area contributed by atoms with Crippen molar-refractivity contribution in [1.29, 1.82) is 0 Å². The zero-order valence-electron chi connectivity index (χ0n) is 11.3. The van der Waals surface area contributed by atoms with E-state index in [2.05, 4.69) is 10.6 Å². The van der Waals surface area contributed by atoms with E-state index >= 15 is 0 Å². The molecule has 1 fully saturated rings. The van der Waals surface area contributed by atoms with E-state index in [1.54, 1.807) is 13.8 Å². The lowest BCUT2D eigenvalue weighted by Crippen LogP contribution is -2.38. The first-order valence-corrected chi connectivity index (χ1v) is 6.67. The van der Waals surface area contributed by atoms with E-state index < -0.39 is 11.4 Å². The van der Waals surface area contributed by atoms with E-state index in [0.717, 1.165) is 12.3 Å². The normalized spacial score (nSPS) is 15.2. The Bertz CT molecular complexity index is 299. The number of nitrogens with one attached hydrogen (secondary N) is 2. The fraction of sp³-hybridized carbons (Fsp3) is 0.846. The van der Waals surface area contributed by atoms with Crippen LogP contribution in [0, 0.1) is 11.3 Å². The van der Waals surface area contributed by atoms with Crippen LogP contribution in [-0.2, 0) is 4.79 Å². The van der Waals surface area contributed by atoms with Crippen molar-refractivity contribution in [1.82, 2.24) is 10.6 Å². The number of rotatable bonds is 8. The summed E-state index contributed by atoms with van der Waals surface area (Å²) < 4.78 is 0. The molecule has 5 nitrogen and oxygen atoms in total. The second-order valence-corrected chi connectivity index (χ2v) is 5.71. The number of amides is 2. The Morgan fingerprint density at radius 3 is 2.39 bits per heavy atom. The fourth-order valence-corrected chi connectivity index (χ4v) is 1.66. The summed E-state index contributed by atoms with van der Waals surface area (Å²) in [4.78, 5) is 22.2. The monoisotopic (exact) mass is 256 g/mol. The lowest BCUT2D eigenvalue weighted by atomic mass is 9.90. The summed E-state index contributed by atoms with van der Waals surface area (Å²) >= 11 is 0. The van der Waals surface area contributed by atoms with Gasteiger partial charge in [-0.1, -0.05) is 12.8 Å². The number of hydrogen-bond acceptors (Lipinski definition) is 2. The first-order valence-electron chi connectivity index (χ1n) is 6.67. The van der Waals surface area contributed by atoms with Gasteiger partial charge in [0, 0.05) is 13.1 Å². The third-order valence-electron chi connectivity index (χ3n) is 3.39. The van der Waals surface area contributed by atoms with Crippen LogP contribution in [0.3, 0.4) is 0 Å². The molecule has 0 saturated heterocycles. The van der Waals surface area contributed by atoms with Crippen LogP contribution in [-0.4, -0.2) is 30.2 Å². The highest BCUT2D eigenvalue weighted by atomic mass is 16.4. The van der Waals surface area contributed by atoms with Crippen molar-refractivity contribution in [3.8, 4) is 0 Å². The summed E-state index contributed by atoms with van der Waals surface area (Å²) in [5.41, 5.74) is -0.792. The van der Waals surface area contributed by atoms with E-state index in [4.69, 9.17) is 5.11 Å². The van der Waals surface area contributed by atoms with Crippen LogP contribution in [0.25, 0.3) is 0 Å². The van der Waals surface area contributed by atoms with Gasteiger partial charge in [-0.15, -0.1) is 0 Å².